The van der Waals surface area contributed by atoms with E-state index in [1.165, 1.54) is 37.4 Å². The Labute approximate surface area is 170 Å². The lowest BCUT2D eigenvalue weighted by atomic mass is 9.86. The first-order valence-electron chi connectivity index (χ1n) is 9.10. The summed E-state index contributed by atoms with van der Waals surface area (Å²) in [6.45, 7) is 0.636. The van der Waals surface area contributed by atoms with E-state index in [4.69, 9.17) is 9.84 Å². The lowest BCUT2D eigenvalue weighted by molar-refractivity contribution is -0.121. The maximum absolute atomic E-state index is 14.2. The van der Waals surface area contributed by atoms with Gasteiger partial charge in [0.1, 0.15) is 12.4 Å². The molecule has 9 heteroatoms. The average molecular weight is 420 g/mol. The first kappa shape index (κ1) is 21.4. The predicted octanol–water partition coefficient (Wildman–Crippen LogP) is 2.91. The van der Waals surface area contributed by atoms with Gasteiger partial charge in [-0.25, -0.2) is 8.78 Å². The average Bonchev–Trinajstić information content (AvgIpc) is 2.73. The fourth-order valence-corrected chi connectivity index (χ4v) is 3.11. The number of benzene rings is 2. The minimum absolute atomic E-state index is 0.0255. The Hall–Kier alpha value is -3.33. The fourth-order valence-electron chi connectivity index (χ4n) is 3.11. The van der Waals surface area contributed by atoms with Gasteiger partial charge in [-0.05, 0) is 24.6 Å². The number of nitrogens with one attached hydrogen (secondary N) is 2. The van der Waals surface area contributed by atoms with Gasteiger partial charge in [0.25, 0.3) is 5.91 Å². The Bertz CT molecular complexity index is 1010. The van der Waals surface area contributed by atoms with Gasteiger partial charge in [-0.2, -0.15) is 4.39 Å². The molecular weight excluding hydrogens is 401 g/mol. The first-order valence-corrected chi connectivity index (χ1v) is 9.10. The molecule has 0 spiro atoms. The van der Waals surface area contributed by atoms with Gasteiger partial charge in [0, 0.05) is 35.7 Å². The van der Waals surface area contributed by atoms with Crippen molar-refractivity contribution in [3.05, 3.63) is 70.7 Å². The van der Waals surface area contributed by atoms with Gasteiger partial charge < -0.3 is 20.5 Å². The zero-order chi connectivity index (χ0) is 21.8. The van der Waals surface area contributed by atoms with Crippen molar-refractivity contribution in [1.82, 2.24) is 5.32 Å². The molecule has 6 nitrogen and oxygen atoms in total. The molecular formula is C21H19F3N2O4. The Morgan fingerprint density at radius 1 is 1.23 bits per heavy atom. The number of amides is 2. The fraction of sp³-hybridized carbons (Fsp3) is 0.238. The minimum atomic E-state index is -1.23. The van der Waals surface area contributed by atoms with Crippen molar-refractivity contribution in [1.29, 1.82) is 0 Å². The van der Waals surface area contributed by atoms with E-state index < -0.39 is 41.6 Å². The summed E-state index contributed by atoms with van der Waals surface area (Å²) in [6.07, 6.45) is 1.21. The normalized spacial score (nSPS) is 16.0. The van der Waals surface area contributed by atoms with Crippen molar-refractivity contribution in [3.63, 3.8) is 0 Å². The molecule has 0 saturated heterocycles. The molecule has 0 aliphatic carbocycles. The number of hydrogen-bond donors (Lipinski definition) is 3. The van der Waals surface area contributed by atoms with Crippen molar-refractivity contribution < 1.29 is 32.6 Å². The molecule has 1 aliphatic rings. The van der Waals surface area contributed by atoms with Crippen LogP contribution >= 0.6 is 0 Å². The highest BCUT2D eigenvalue weighted by Gasteiger charge is 2.29. The molecule has 30 heavy (non-hydrogen) atoms. The highest BCUT2D eigenvalue weighted by Crippen LogP contribution is 2.33. The Morgan fingerprint density at radius 3 is 2.60 bits per heavy atom. The molecule has 0 bridgehead atoms. The van der Waals surface area contributed by atoms with E-state index in [-0.39, 0.29) is 35.8 Å². The zero-order valence-electron chi connectivity index (χ0n) is 16.0. The molecule has 2 aromatic carbocycles. The first-order chi connectivity index (χ1) is 14.3. The minimum Gasteiger partial charge on any atom is -0.488 e. The number of carbonyl (C=O) groups is 2. The quantitative estimate of drug-likeness (QED) is 0.671. The van der Waals surface area contributed by atoms with E-state index in [2.05, 4.69) is 10.6 Å². The molecule has 2 amide bonds. The van der Waals surface area contributed by atoms with E-state index in [1.807, 2.05) is 0 Å². The van der Waals surface area contributed by atoms with E-state index in [9.17, 15) is 22.8 Å². The topological polar surface area (TPSA) is 87.7 Å². The van der Waals surface area contributed by atoms with Crippen LogP contribution in [0.15, 0.2) is 42.1 Å². The number of halogens is 3. The molecule has 1 unspecified atom stereocenters. The zero-order valence-corrected chi connectivity index (χ0v) is 16.0. The van der Waals surface area contributed by atoms with E-state index in [0.29, 0.717) is 5.56 Å². The summed E-state index contributed by atoms with van der Waals surface area (Å²) in [5, 5.41) is 13.8. The van der Waals surface area contributed by atoms with Crippen molar-refractivity contribution in [3.8, 4) is 5.75 Å². The second-order valence-electron chi connectivity index (χ2n) is 6.68. The van der Waals surface area contributed by atoms with Crippen molar-refractivity contribution >= 4 is 17.5 Å². The molecule has 0 radical (unpaired) electrons. The van der Waals surface area contributed by atoms with Crippen LogP contribution in [0.4, 0.5) is 18.9 Å². The lowest BCUT2D eigenvalue weighted by Crippen LogP contribution is -2.32. The van der Waals surface area contributed by atoms with Gasteiger partial charge in [0.15, 0.2) is 11.6 Å². The third kappa shape index (κ3) is 4.46. The van der Waals surface area contributed by atoms with Crippen LogP contribution in [0.5, 0.6) is 5.75 Å². The summed E-state index contributed by atoms with van der Waals surface area (Å²) >= 11 is 0. The van der Waals surface area contributed by atoms with Crippen molar-refractivity contribution in [2.24, 2.45) is 0 Å². The van der Waals surface area contributed by atoms with Gasteiger partial charge in [-0.3, -0.25) is 9.59 Å². The number of aliphatic hydroxyl groups is 1. The molecule has 0 fully saturated rings. The van der Waals surface area contributed by atoms with E-state index in [1.54, 1.807) is 0 Å². The summed E-state index contributed by atoms with van der Waals surface area (Å²) in [6, 6.07) is 6.52. The highest BCUT2D eigenvalue weighted by molar-refractivity contribution is 6.06. The van der Waals surface area contributed by atoms with Gasteiger partial charge in [-0.1, -0.05) is 12.1 Å². The Morgan fingerprint density at radius 2 is 1.93 bits per heavy atom. The standard InChI is InChI=1S/C21H19F3N2O4/c1-11-16(9-17(30-7-6-27)20(24)19(11)23)26-21(29)15-10-25-18(28)8-14(15)12-2-4-13(22)5-3-12/h2-5,9-10,14,27H,6-8H2,1H3,(H,25,28)(H,26,29). The number of hydrogen-bond acceptors (Lipinski definition) is 4. The Balaban J connectivity index is 1.91. The van der Waals surface area contributed by atoms with Crippen LogP contribution in [0.3, 0.4) is 0 Å². The molecule has 1 aliphatic heterocycles. The van der Waals surface area contributed by atoms with Crippen LogP contribution in [0.2, 0.25) is 0 Å². The highest BCUT2D eigenvalue weighted by atomic mass is 19.2. The number of aliphatic hydroxyl groups excluding tert-OH is 1. The third-order valence-electron chi connectivity index (χ3n) is 4.70. The summed E-state index contributed by atoms with van der Waals surface area (Å²) in [7, 11) is 0. The van der Waals surface area contributed by atoms with Crippen LogP contribution < -0.4 is 15.4 Å². The van der Waals surface area contributed by atoms with Crippen LogP contribution in [0.25, 0.3) is 0 Å². The number of ether oxygens (including phenoxy) is 1. The maximum Gasteiger partial charge on any atom is 0.253 e. The van der Waals surface area contributed by atoms with Gasteiger partial charge in [0.05, 0.1) is 12.3 Å². The van der Waals surface area contributed by atoms with Crippen molar-refractivity contribution in [2.45, 2.75) is 19.3 Å². The third-order valence-corrected chi connectivity index (χ3v) is 4.70. The van der Waals surface area contributed by atoms with E-state index >= 15 is 0 Å². The molecule has 3 rings (SSSR count). The maximum atomic E-state index is 14.2. The number of rotatable bonds is 6. The monoisotopic (exact) mass is 420 g/mol. The van der Waals surface area contributed by atoms with Crippen LogP contribution in [-0.4, -0.2) is 30.1 Å². The predicted molar refractivity (Wildman–Crippen MR) is 102 cm³/mol. The number of anilines is 1. The molecule has 0 saturated carbocycles. The van der Waals surface area contributed by atoms with E-state index in [0.717, 1.165) is 6.07 Å². The summed E-state index contributed by atoms with van der Waals surface area (Å²) in [4.78, 5) is 24.7. The molecule has 1 atom stereocenters. The van der Waals surface area contributed by atoms with Crippen molar-refractivity contribution in [2.75, 3.05) is 18.5 Å². The summed E-state index contributed by atoms with van der Waals surface area (Å²) < 4.78 is 46.5. The molecule has 1 heterocycles. The Kier molecular flexibility index (Phi) is 6.41. The molecule has 0 aromatic heterocycles. The SMILES string of the molecule is Cc1c(NC(=O)C2=CNC(=O)CC2c2ccc(F)cc2)cc(OCCO)c(F)c1F. The van der Waals surface area contributed by atoms with Crippen LogP contribution in [-0.2, 0) is 9.59 Å². The van der Waals surface area contributed by atoms with Gasteiger partial charge in [-0.15, -0.1) is 0 Å². The van der Waals surface area contributed by atoms with Crippen LogP contribution in [0, 0.1) is 24.4 Å². The summed E-state index contributed by atoms with van der Waals surface area (Å²) in [5.74, 6) is -4.94. The number of carbonyl (C=O) groups excluding carboxylic acids is 2. The van der Waals surface area contributed by atoms with Gasteiger partial charge >= 0.3 is 0 Å². The second-order valence-corrected chi connectivity index (χ2v) is 6.68. The summed E-state index contributed by atoms with van der Waals surface area (Å²) in [5.41, 5.74) is 0.559. The molecule has 158 valence electrons. The van der Waals surface area contributed by atoms with Crippen LogP contribution in [0.1, 0.15) is 23.5 Å². The lowest BCUT2D eigenvalue weighted by Gasteiger charge is -2.24. The smallest absolute Gasteiger partial charge is 0.253 e. The second kappa shape index (κ2) is 9.00. The molecule has 3 N–H and O–H groups in total. The largest absolute Gasteiger partial charge is 0.488 e. The van der Waals surface area contributed by atoms with Gasteiger partial charge in [0.2, 0.25) is 11.7 Å². The molecule has 2 aromatic rings.